The number of para-hydroxylation sites is 1. The smallest absolute Gasteiger partial charge is 0.129 e. The van der Waals surface area contributed by atoms with Gasteiger partial charge in [-0.2, -0.15) is 0 Å². The number of methoxy groups -OCH3 is 1. The molecule has 0 fully saturated rings. The van der Waals surface area contributed by atoms with E-state index in [0.717, 1.165) is 11.3 Å². The Balaban J connectivity index is 2.66. The van der Waals surface area contributed by atoms with E-state index in [-0.39, 0.29) is 0 Å². The van der Waals surface area contributed by atoms with Crippen molar-refractivity contribution in [2.75, 3.05) is 26.9 Å². The molecule has 0 saturated carbocycles. The summed E-state index contributed by atoms with van der Waals surface area (Å²) in [6.45, 7) is 3.93. The van der Waals surface area contributed by atoms with Gasteiger partial charge in [0.2, 0.25) is 0 Å². The topological polar surface area (TPSA) is 30.5 Å². The molecule has 1 aromatic rings. The van der Waals surface area contributed by atoms with E-state index in [1.54, 1.807) is 7.11 Å². The number of ether oxygens (including phenoxy) is 2. The molecule has 0 radical (unpaired) electrons. The monoisotopic (exact) mass is 239 g/mol. The van der Waals surface area contributed by atoms with Crippen LogP contribution in [0.15, 0.2) is 24.3 Å². The normalized spacial score (nSPS) is 9.88. The summed E-state index contributed by atoms with van der Waals surface area (Å²) in [4.78, 5) is 0.695. The zero-order chi connectivity index (χ0) is 11.8. The lowest BCUT2D eigenvalue weighted by molar-refractivity contribution is 0.204. The van der Waals surface area contributed by atoms with Crippen LogP contribution in [0.25, 0.3) is 0 Å². The second-order valence-corrected chi connectivity index (χ2v) is 3.59. The van der Waals surface area contributed by atoms with E-state index in [4.69, 9.17) is 21.7 Å². The van der Waals surface area contributed by atoms with Gasteiger partial charge in [0.15, 0.2) is 0 Å². The molecule has 1 N–H and O–H groups in total. The molecular formula is C12H17NO2S. The number of hydrogen-bond acceptors (Lipinski definition) is 3. The molecule has 0 heterocycles. The van der Waals surface area contributed by atoms with Crippen LogP contribution in [-0.2, 0) is 4.74 Å². The fraction of sp³-hybridized carbons (Fsp3) is 0.417. The van der Waals surface area contributed by atoms with E-state index < -0.39 is 0 Å². The molecule has 1 aromatic carbocycles. The number of rotatable bonds is 6. The fourth-order valence-electron chi connectivity index (χ4n) is 1.30. The van der Waals surface area contributed by atoms with Gasteiger partial charge >= 0.3 is 0 Å². The lowest BCUT2D eigenvalue weighted by Gasteiger charge is -2.12. The van der Waals surface area contributed by atoms with E-state index in [9.17, 15) is 0 Å². The van der Waals surface area contributed by atoms with Gasteiger partial charge in [0.25, 0.3) is 0 Å². The summed E-state index contributed by atoms with van der Waals surface area (Å²) in [6.07, 6.45) is 0. The highest BCUT2D eigenvalue weighted by Gasteiger charge is 2.06. The standard InChI is InChI=1S/C12H17NO2S/c1-3-15-11-7-5-4-6-10(11)12(16)13-8-9-14-2/h4-7H,3,8-9H2,1-2H3,(H,13,16). The van der Waals surface area contributed by atoms with Gasteiger partial charge in [-0.3, -0.25) is 0 Å². The van der Waals surface area contributed by atoms with E-state index in [0.29, 0.717) is 24.7 Å². The first-order valence-corrected chi connectivity index (χ1v) is 5.69. The average Bonchev–Trinajstić information content (AvgIpc) is 2.30. The summed E-state index contributed by atoms with van der Waals surface area (Å²) in [6, 6.07) is 7.75. The third kappa shape index (κ3) is 3.79. The molecule has 0 bridgehead atoms. The summed E-state index contributed by atoms with van der Waals surface area (Å²) in [5.41, 5.74) is 0.926. The third-order valence-electron chi connectivity index (χ3n) is 2.02. The molecule has 88 valence electrons. The number of benzene rings is 1. The van der Waals surface area contributed by atoms with E-state index >= 15 is 0 Å². The minimum atomic E-state index is 0.636. The van der Waals surface area contributed by atoms with Crippen LogP contribution in [-0.4, -0.2) is 31.9 Å². The summed E-state index contributed by atoms with van der Waals surface area (Å²) < 4.78 is 10.5. The maximum atomic E-state index is 5.51. The molecule has 0 atom stereocenters. The minimum Gasteiger partial charge on any atom is -0.493 e. The van der Waals surface area contributed by atoms with E-state index in [1.807, 2.05) is 31.2 Å². The average molecular weight is 239 g/mol. The molecule has 16 heavy (non-hydrogen) atoms. The van der Waals surface area contributed by atoms with Crippen molar-refractivity contribution in [1.29, 1.82) is 0 Å². The zero-order valence-corrected chi connectivity index (χ0v) is 10.5. The highest BCUT2D eigenvalue weighted by atomic mass is 32.1. The van der Waals surface area contributed by atoms with Gasteiger partial charge in [-0.1, -0.05) is 24.4 Å². The van der Waals surface area contributed by atoms with Crippen LogP contribution in [0, 0.1) is 0 Å². The molecule has 0 aliphatic carbocycles. The SMILES string of the molecule is CCOc1ccccc1C(=S)NCCOC. The molecular weight excluding hydrogens is 222 g/mol. The molecule has 3 nitrogen and oxygen atoms in total. The van der Waals surface area contributed by atoms with Gasteiger partial charge in [-0.25, -0.2) is 0 Å². The maximum absolute atomic E-state index is 5.51. The number of nitrogens with one attached hydrogen (secondary N) is 1. The first-order chi connectivity index (χ1) is 7.79. The van der Waals surface area contributed by atoms with E-state index in [1.165, 1.54) is 0 Å². The largest absolute Gasteiger partial charge is 0.493 e. The molecule has 0 spiro atoms. The summed E-state index contributed by atoms with van der Waals surface area (Å²) in [7, 11) is 1.67. The van der Waals surface area contributed by atoms with Gasteiger partial charge in [-0.15, -0.1) is 0 Å². The lowest BCUT2D eigenvalue weighted by atomic mass is 10.2. The van der Waals surface area contributed by atoms with Crippen molar-refractivity contribution in [3.63, 3.8) is 0 Å². The predicted molar refractivity (Wildman–Crippen MR) is 69.2 cm³/mol. The van der Waals surface area contributed by atoms with Crippen molar-refractivity contribution in [3.8, 4) is 5.75 Å². The van der Waals surface area contributed by atoms with Crippen molar-refractivity contribution >= 4 is 17.2 Å². The summed E-state index contributed by atoms with van der Waals surface area (Å²) in [5, 5.41) is 3.13. The molecule has 0 saturated heterocycles. The van der Waals surface area contributed by atoms with Gasteiger partial charge in [-0.05, 0) is 19.1 Å². The number of hydrogen-bond donors (Lipinski definition) is 1. The Morgan fingerprint density at radius 2 is 2.12 bits per heavy atom. The third-order valence-corrected chi connectivity index (χ3v) is 2.39. The van der Waals surface area contributed by atoms with Gasteiger partial charge in [0.05, 0.1) is 18.8 Å². The quantitative estimate of drug-likeness (QED) is 0.607. The second-order valence-electron chi connectivity index (χ2n) is 3.18. The Bertz CT molecular complexity index is 342. The van der Waals surface area contributed by atoms with Crippen LogP contribution in [0.3, 0.4) is 0 Å². The predicted octanol–water partition coefficient (Wildman–Crippen LogP) is 2.00. The second kappa shape index (κ2) is 7.19. The highest BCUT2D eigenvalue weighted by Crippen LogP contribution is 2.18. The van der Waals surface area contributed by atoms with Crippen LogP contribution in [0.4, 0.5) is 0 Å². The first kappa shape index (κ1) is 12.9. The Kier molecular flexibility index (Phi) is 5.82. The minimum absolute atomic E-state index is 0.636. The molecule has 0 amide bonds. The van der Waals surface area contributed by atoms with Crippen molar-refractivity contribution in [1.82, 2.24) is 5.32 Å². The lowest BCUT2D eigenvalue weighted by Crippen LogP contribution is -2.26. The van der Waals surface area contributed by atoms with Crippen LogP contribution in [0.5, 0.6) is 5.75 Å². The first-order valence-electron chi connectivity index (χ1n) is 5.28. The molecule has 0 aliphatic rings. The van der Waals surface area contributed by atoms with Crippen molar-refractivity contribution < 1.29 is 9.47 Å². The van der Waals surface area contributed by atoms with Gasteiger partial charge < -0.3 is 14.8 Å². The van der Waals surface area contributed by atoms with Gasteiger partial charge in [0, 0.05) is 13.7 Å². The van der Waals surface area contributed by atoms with Crippen LogP contribution in [0.2, 0.25) is 0 Å². The number of thiocarbonyl (C=S) groups is 1. The summed E-state index contributed by atoms with van der Waals surface area (Å²) >= 11 is 5.29. The van der Waals surface area contributed by atoms with Crippen molar-refractivity contribution in [3.05, 3.63) is 29.8 Å². The molecule has 0 aromatic heterocycles. The Morgan fingerprint density at radius 1 is 1.38 bits per heavy atom. The van der Waals surface area contributed by atoms with Crippen molar-refractivity contribution in [2.45, 2.75) is 6.92 Å². The Hall–Kier alpha value is -1.13. The highest BCUT2D eigenvalue weighted by molar-refractivity contribution is 7.80. The zero-order valence-electron chi connectivity index (χ0n) is 9.66. The van der Waals surface area contributed by atoms with Gasteiger partial charge in [0.1, 0.15) is 10.7 Å². The fourth-order valence-corrected chi connectivity index (χ4v) is 1.57. The molecule has 4 heteroatoms. The summed E-state index contributed by atoms with van der Waals surface area (Å²) in [5.74, 6) is 0.819. The van der Waals surface area contributed by atoms with E-state index in [2.05, 4.69) is 5.32 Å². The molecule has 0 aliphatic heterocycles. The van der Waals surface area contributed by atoms with Crippen molar-refractivity contribution in [2.24, 2.45) is 0 Å². The Labute approximate surface area is 102 Å². The maximum Gasteiger partial charge on any atom is 0.129 e. The van der Waals surface area contributed by atoms with Crippen LogP contribution >= 0.6 is 12.2 Å². The van der Waals surface area contributed by atoms with Crippen LogP contribution < -0.4 is 10.1 Å². The molecule has 1 rings (SSSR count). The Morgan fingerprint density at radius 3 is 2.81 bits per heavy atom. The van der Waals surface area contributed by atoms with Crippen LogP contribution in [0.1, 0.15) is 12.5 Å². The molecule has 0 unspecified atom stereocenters.